The zero-order chi connectivity index (χ0) is 21.7. The number of urea groups is 1. The molecule has 0 unspecified atom stereocenters. The molecule has 1 aromatic carbocycles. The first-order chi connectivity index (χ1) is 15.7. The van der Waals surface area contributed by atoms with Crippen LogP contribution in [-0.4, -0.2) is 21.5 Å². The van der Waals surface area contributed by atoms with Crippen LogP contribution in [0.25, 0.3) is 5.00 Å². The van der Waals surface area contributed by atoms with E-state index in [1.807, 2.05) is 11.3 Å². The summed E-state index contributed by atoms with van der Waals surface area (Å²) in [5.74, 6) is 0. The number of aryl methyl sites for hydroxylation is 2. The summed E-state index contributed by atoms with van der Waals surface area (Å²) in [6.45, 7) is 2.81. The maximum absolute atomic E-state index is 13.8. The Bertz CT molecular complexity index is 1150. The molecule has 0 radical (unpaired) electrons. The Kier molecular flexibility index (Phi) is 5.09. The number of amides is 2. The Morgan fingerprint density at radius 2 is 1.88 bits per heavy atom. The van der Waals surface area contributed by atoms with Crippen molar-refractivity contribution in [3.8, 4) is 5.00 Å². The summed E-state index contributed by atoms with van der Waals surface area (Å²) in [6.07, 6.45) is 11.7. The molecule has 4 nitrogen and oxygen atoms in total. The van der Waals surface area contributed by atoms with Gasteiger partial charge in [-0.15, -0.1) is 11.3 Å². The van der Waals surface area contributed by atoms with E-state index in [0.717, 1.165) is 19.3 Å². The molecule has 3 heterocycles. The van der Waals surface area contributed by atoms with Crippen LogP contribution in [0.15, 0.2) is 42.6 Å². The van der Waals surface area contributed by atoms with Crippen LogP contribution in [0, 0.1) is 6.92 Å². The molecule has 1 fully saturated rings. The van der Waals surface area contributed by atoms with Crippen molar-refractivity contribution < 1.29 is 4.79 Å². The molecule has 0 saturated heterocycles. The van der Waals surface area contributed by atoms with Gasteiger partial charge in [0.15, 0.2) is 0 Å². The van der Waals surface area contributed by atoms with Gasteiger partial charge < -0.3 is 14.8 Å². The van der Waals surface area contributed by atoms with Gasteiger partial charge in [-0.2, -0.15) is 0 Å². The van der Waals surface area contributed by atoms with Crippen LogP contribution < -0.4 is 5.32 Å². The molecule has 6 rings (SSSR count). The first-order valence-electron chi connectivity index (χ1n) is 12.1. The molecule has 2 aromatic heterocycles. The summed E-state index contributed by atoms with van der Waals surface area (Å²) in [4.78, 5) is 17.5. The van der Waals surface area contributed by atoms with Gasteiger partial charge in [0.1, 0.15) is 5.00 Å². The molecular formula is C27H31N3OS. The Hall–Kier alpha value is -2.53. The van der Waals surface area contributed by atoms with Crippen LogP contribution in [0.5, 0.6) is 0 Å². The molecule has 1 N–H and O–H groups in total. The minimum Gasteiger partial charge on any atom is -0.335 e. The molecule has 5 heteroatoms. The normalized spacial score (nSPS) is 20.4. The number of carbonyl (C=O) groups is 1. The predicted molar refractivity (Wildman–Crippen MR) is 130 cm³/mol. The van der Waals surface area contributed by atoms with Crippen LogP contribution >= 0.6 is 11.3 Å². The highest BCUT2D eigenvalue weighted by molar-refractivity contribution is 7.15. The SMILES string of the molecule is Cc1cccc([C@@H]2c3cccn3-c3sc4c(c3CN2C(=O)NC2CCCC2)CCCC4)c1. The van der Waals surface area contributed by atoms with Crippen LogP contribution in [0.1, 0.15) is 77.4 Å². The standard InChI is InChI=1S/C27H31N3OS/c1-18-8-6-9-19(16-18)25-23-13-7-15-29(23)26-22(21-12-4-5-14-24(21)32-26)17-30(25)27(31)28-20-10-2-3-11-20/h6-9,13,15-16,20,25H,2-5,10-12,14,17H2,1H3,(H,28,31)/t25-/m1/s1. The molecule has 0 spiro atoms. The third-order valence-corrected chi connectivity index (χ3v) is 8.81. The maximum atomic E-state index is 13.8. The average molecular weight is 446 g/mol. The summed E-state index contributed by atoms with van der Waals surface area (Å²) in [5.41, 5.74) is 6.50. The van der Waals surface area contributed by atoms with E-state index in [1.54, 1.807) is 0 Å². The van der Waals surface area contributed by atoms with Crippen molar-refractivity contribution in [1.29, 1.82) is 0 Å². The topological polar surface area (TPSA) is 37.3 Å². The first-order valence-corrected chi connectivity index (χ1v) is 13.0. The van der Waals surface area contributed by atoms with Crippen LogP contribution in [0.3, 0.4) is 0 Å². The quantitative estimate of drug-likeness (QED) is 0.495. The highest BCUT2D eigenvalue weighted by Gasteiger charge is 2.36. The number of carbonyl (C=O) groups excluding carboxylic acids is 1. The highest BCUT2D eigenvalue weighted by atomic mass is 32.1. The van der Waals surface area contributed by atoms with Gasteiger partial charge in [0, 0.05) is 22.7 Å². The lowest BCUT2D eigenvalue weighted by Gasteiger charge is -2.32. The minimum absolute atomic E-state index is 0.0831. The van der Waals surface area contributed by atoms with Crippen molar-refractivity contribution in [1.82, 2.24) is 14.8 Å². The largest absolute Gasteiger partial charge is 0.335 e. The van der Waals surface area contributed by atoms with Gasteiger partial charge in [-0.05, 0) is 68.7 Å². The molecule has 0 bridgehead atoms. The van der Waals surface area contributed by atoms with Gasteiger partial charge >= 0.3 is 6.03 Å². The van der Waals surface area contributed by atoms with E-state index in [9.17, 15) is 4.79 Å². The van der Waals surface area contributed by atoms with Crippen molar-refractivity contribution >= 4 is 17.4 Å². The average Bonchev–Trinajstić information content (AvgIpc) is 3.53. The van der Waals surface area contributed by atoms with E-state index >= 15 is 0 Å². The fourth-order valence-electron chi connectivity index (χ4n) is 5.91. The fraction of sp³-hybridized carbons (Fsp3) is 0.444. The second kappa shape index (κ2) is 8.11. The summed E-state index contributed by atoms with van der Waals surface area (Å²) >= 11 is 1.95. The molecule has 166 valence electrons. The van der Waals surface area contributed by atoms with Gasteiger partial charge in [0.05, 0.1) is 18.3 Å². The lowest BCUT2D eigenvalue weighted by molar-refractivity contribution is 0.176. The van der Waals surface area contributed by atoms with Crippen LogP contribution in [-0.2, 0) is 19.4 Å². The monoisotopic (exact) mass is 445 g/mol. The third-order valence-electron chi connectivity index (χ3n) is 7.48. The molecule has 1 aliphatic heterocycles. The van der Waals surface area contributed by atoms with E-state index in [0.29, 0.717) is 12.6 Å². The number of nitrogens with one attached hydrogen (secondary N) is 1. The van der Waals surface area contributed by atoms with Gasteiger partial charge in [-0.3, -0.25) is 0 Å². The zero-order valence-corrected chi connectivity index (χ0v) is 19.6. The molecule has 2 amide bonds. The molecule has 2 aliphatic carbocycles. The molecule has 32 heavy (non-hydrogen) atoms. The highest BCUT2D eigenvalue weighted by Crippen LogP contribution is 2.44. The van der Waals surface area contributed by atoms with Crippen molar-refractivity contribution in [2.45, 2.75) is 76.9 Å². The van der Waals surface area contributed by atoms with E-state index in [4.69, 9.17) is 0 Å². The molecular weight excluding hydrogens is 414 g/mol. The number of benzene rings is 1. The number of hydrogen-bond donors (Lipinski definition) is 1. The second-order valence-electron chi connectivity index (χ2n) is 9.67. The fourth-order valence-corrected chi connectivity index (χ4v) is 7.31. The Labute approximate surface area is 194 Å². The summed E-state index contributed by atoms with van der Waals surface area (Å²) in [6, 6.07) is 13.3. The van der Waals surface area contributed by atoms with Crippen LogP contribution in [0.2, 0.25) is 0 Å². The summed E-state index contributed by atoms with van der Waals surface area (Å²) in [5, 5.41) is 4.72. The van der Waals surface area contributed by atoms with E-state index in [-0.39, 0.29) is 12.1 Å². The van der Waals surface area contributed by atoms with Crippen molar-refractivity contribution in [2.24, 2.45) is 0 Å². The van der Waals surface area contributed by atoms with E-state index in [2.05, 4.69) is 64.3 Å². The Morgan fingerprint density at radius 1 is 1.03 bits per heavy atom. The Balaban J connectivity index is 1.49. The number of thiophene rings is 1. The van der Waals surface area contributed by atoms with Gasteiger partial charge in [-0.25, -0.2) is 4.79 Å². The third kappa shape index (κ3) is 3.38. The lowest BCUT2D eigenvalue weighted by atomic mass is 9.95. The zero-order valence-electron chi connectivity index (χ0n) is 18.8. The van der Waals surface area contributed by atoms with Crippen LogP contribution in [0.4, 0.5) is 4.79 Å². The Morgan fingerprint density at radius 3 is 2.72 bits per heavy atom. The van der Waals surface area contributed by atoms with Crippen molar-refractivity contribution in [3.63, 3.8) is 0 Å². The molecule has 1 atom stereocenters. The molecule has 3 aliphatic rings. The van der Waals surface area contributed by atoms with Gasteiger partial charge in [0.25, 0.3) is 0 Å². The summed E-state index contributed by atoms with van der Waals surface area (Å²) in [7, 11) is 0. The van der Waals surface area contributed by atoms with Crippen molar-refractivity contribution in [3.05, 3.63) is 75.4 Å². The minimum atomic E-state index is -0.0925. The van der Waals surface area contributed by atoms with Gasteiger partial charge in [0.2, 0.25) is 0 Å². The van der Waals surface area contributed by atoms with E-state index < -0.39 is 0 Å². The first kappa shape index (κ1) is 20.1. The molecule has 1 saturated carbocycles. The number of hydrogen-bond acceptors (Lipinski definition) is 2. The number of rotatable bonds is 2. The van der Waals surface area contributed by atoms with Crippen molar-refractivity contribution in [2.75, 3.05) is 0 Å². The maximum Gasteiger partial charge on any atom is 0.318 e. The predicted octanol–water partition coefficient (Wildman–Crippen LogP) is 6.28. The number of nitrogens with zero attached hydrogens (tertiary/aromatic N) is 2. The number of fused-ring (bicyclic) bond motifs is 5. The van der Waals surface area contributed by atoms with E-state index in [1.165, 1.54) is 69.9 Å². The lowest BCUT2D eigenvalue weighted by Crippen LogP contribution is -2.45. The van der Waals surface area contributed by atoms with Gasteiger partial charge in [-0.1, -0.05) is 42.7 Å². The molecule has 3 aromatic rings. The summed E-state index contributed by atoms with van der Waals surface area (Å²) < 4.78 is 2.37. The smallest absolute Gasteiger partial charge is 0.318 e. The number of aromatic nitrogens is 1. The second-order valence-corrected chi connectivity index (χ2v) is 10.8.